The molecule has 2 heteroatoms. The molecule has 1 saturated heterocycles. The van der Waals surface area contributed by atoms with Crippen LogP contribution in [0.2, 0.25) is 0 Å². The summed E-state index contributed by atoms with van der Waals surface area (Å²) in [4.78, 5) is 2.72. The van der Waals surface area contributed by atoms with Crippen molar-refractivity contribution in [3.63, 3.8) is 0 Å². The molecule has 0 aromatic heterocycles. The molecule has 1 N–H and O–H groups in total. The molecular weight excluding hydrogens is 232 g/mol. The fourth-order valence-corrected chi connectivity index (χ4v) is 4.42. The summed E-state index contributed by atoms with van der Waals surface area (Å²) in [5.41, 5.74) is 3.67. The van der Waals surface area contributed by atoms with Crippen molar-refractivity contribution < 1.29 is 0 Å². The Kier molecular flexibility index (Phi) is 2.89. The van der Waals surface area contributed by atoms with E-state index in [0.717, 1.165) is 5.92 Å². The Labute approximate surface area is 116 Å². The topological polar surface area (TPSA) is 15.3 Å². The molecule has 1 aromatic carbocycles. The van der Waals surface area contributed by atoms with Crippen molar-refractivity contribution >= 4 is 0 Å². The largest absolute Gasteiger partial charge is 0.309 e. The normalized spacial score (nSPS) is 29.2. The first-order chi connectivity index (χ1) is 9.35. The van der Waals surface area contributed by atoms with E-state index in [0.29, 0.717) is 5.54 Å². The van der Waals surface area contributed by atoms with E-state index in [9.17, 15) is 0 Å². The zero-order chi connectivity index (χ0) is 12.7. The third-order valence-corrected chi connectivity index (χ3v) is 5.45. The van der Waals surface area contributed by atoms with Crippen LogP contribution in [0.4, 0.5) is 0 Å². The van der Waals surface area contributed by atoms with E-state index in [4.69, 9.17) is 0 Å². The average Bonchev–Trinajstić information content (AvgIpc) is 2.84. The lowest BCUT2D eigenvalue weighted by atomic mass is 9.77. The highest BCUT2D eigenvalue weighted by Crippen LogP contribution is 2.37. The highest BCUT2D eigenvalue weighted by atomic mass is 15.2. The van der Waals surface area contributed by atoms with Crippen LogP contribution in [0.25, 0.3) is 0 Å². The van der Waals surface area contributed by atoms with Gasteiger partial charge in [-0.15, -0.1) is 0 Å². The van der Waals surface area contributed by atoms with Gasteiger partial charge in [-0.2, -0.15) is 0 Å². The minimum Gasteiger partial charge on any atom is -0.309 e. The van der Waals surface area contributed by atoms with Crippen molar-refractivity contribution in [2.24, 2.45) is 0 Å². The molecule has 1 spiro atoms. The lowest BCUT2D eigenvalue weighted by molar-refractivity contribution is 0.125. The second-order valence-electron chi connectivity index (χ2n) is 6.75. The van der Waals surface area contributed by atoms with Gasteiger partial charge in [-0.1, -0.05) is 37.1 Å². The summed E-state index contributed by atoms with van der Waals surface area (Å²) >= 11 is 0. The summed E-state index contributed by atoms with van der Waals surface area (Å²) in [5, 5.41) is 3.81. The van der Waals surface area contributed by atoms with Crippen molar-refractivity contribution in [2.75, 3.05) is 26.2 Å². The predicted molar refractivity (Wildman–Crippen MR) is 78.5 cm³/mol. The van der Waals surface area contributed by atoms with Crippen molar-refractivity contribution in [3.8, 4) is 0 Å². The van der Waals surface area contributed by atoms with E-state index < -0.39 is 0 Å². The molecule has 1 aromatic rings. The van der Waals surface area contributed by atoms with Gasteiger partial charge in [0.15, 0.2) is 0 Å². The monoisotopic (exact) mass is 256 g/mol. The molecule has 0 bridgehead atoms. The maximum Gasteiger partial charge on any atom is 0.0309 e. The van der Waals surface area contributed by atoms with Gasteiger partial charge < -0.3 is 5.32 Å². The molecule has 1 aliphatic heterocycles. The van der Waals surface area contributed by atoms with Crippen LogP contribution in [-0.2, 0) is 6.42 Å². The number of benzene rings is 1. The molecule has 4 rings (SSSR count). The van der Waals surface area contributed by atoms with Crippen molar-refractivity contribution in [3.05, 3.63) is 35.4 Å². The summed E-state index contributed by atoms with van der Waals surface area (Å²) in [7, 11) is 0. The minimum absolute atomic E-state index is 0.474. The van der Waals surface area contributed by atoms with Gasteiger partial charge in [0, 0.05) is 37.6 Å². The van der Waals surface area contributed by atoms with Crippen molar-refractivity contribution in [1.82, 2.24) is 10.2 Å². The molecule has 2 nitrogen and oxygen atoms in total. The van der Waals surface area contributed by atoms with Crippen LogP contribution in [0.3, 0.4) is 0 Å². The molecule has 0 amide bonds. The summed E-state index contributed by atoms with van der Waals surface area (Å²) in [6, 6.07) is 8.99. The quantitative estimate of drug-likeness (QED) is 0.875. The van der Waals surface area contributed by atoms with E-state index in [-0.39, 0.29) is 0 Å². The summed E-state index contributed by atoms with van der Waals surface area (Å²) in [6.45, 7) is 4.99. The lowest BCUT2D eigenvalue weighted by Crippen LogP contribution is -2.59. The molecule has 2 aliphatic carbocycles. The first kappa shape index (κ1) is 11.9. The zero-order valence-electron chi connectivity index (χ0n) is 11.7. The SMILES string of the molecule is c1ccc2c(c1)CC2CN1CCNC2(CCCC2)C1. The number of nitrogens with one attached hydrogen (secondary N) is 1. The van der Waals surface area contributed by atoms with E-state index in [1.807, 2.05) is 0 Å². The molecule has 2 fully saturated rings. The molecule has 1 atom stereocenters. The Morgan fingerprint density at radius 1 is 1.21 bits per heavy atom. The molecule has 1 saturated carbocycles. The van der Waals surface area contributed by atoms with Gasteiger partial charge in [-0.25, -0.2) is 0 Å². The first-order valence-electron chi connectivity index (χ1n) is 7.90. The number of fused-ring (bicyclic) bond motifs is 1. The zero-order valence-corrected chi connectivity index (χ0v) is 11.7. The van der Waals surface area contributed by atoms with E-state index in [1.54, 1.807) is 11.1 Å². The summed E-state index contributed by atoms with van der Waals surface area (Å²) < 4.78 is 0. The van der Waals surface area contributed by atoms with E-state index in [1.165, 1.54) is 58.3 Å². The van der Waals surface area contributed by atoms with Crippen LogP contribution in [0.15, 0.2) is 24.3 Å². The second-order valence-corrected chi connectivity index (χ2v) is 6.75. The Morgan fingerprint density at radius 3 is 2.89 bits per heavy atom. The first-order valence-corrected chi connectivity index (χ1v) is 7.90. The smallest absolute Gasteiger partial charge is 0.0309 e. The Balaban J connectivity index is 1.41. The fraction of sp³-hybridized carbons (Fsp3) is 0.647. The number of rotatable bonds is 2. The molecule has 3 aliphatic rings. The van der Waals surface area contributed by atoms with E-state index >= 15 is 0 Å². The van der Waals surface area contributed by atoms with Gasteiger partial charge in [0.2, 0.25) is 0 Å². The Morgan fingerprint density at radius 2 is 2.05 bits per heavy atom. The standard InChI is InChI=1S/C17H24N2/c1-2-6-16-14(5-1)11-15(16)12-19-10-9-18-17(13-19)7-3-4-8-17/h1-2,5-6,15,18H,3-4,7-13H2. The number of hydrogen-bond donors (Lipinski definition) is 1. The van der Waals surface area contributed by atoms with Crippen molar-refractivity contribution in [2.45, 2.75) is 43.6 Å². The number of piperazine rings is 1. The molecule has 1 heterocycles. The van der Waals surface area contributed by atoms with Crippen LogP contribution < -0.4 is 5.32 Å². The van der Waals surface area contributed by atoms with Gasteiger partial charge in [0.05, 0.1) is 0 Å². The third kappa shape index (κ3) is 2.11. The Bertz CT molecular complexity index is 462. The third-order valence-electron chi connectivity index (χ3n) is 5.45. The predicted octanol–water partition coefficient (Wildman–Crippen LogP) is 2.54. The van der Waals surface area contributed by atoms with Crippen LogP contribution >= 0.6 is 0 Å². The fourth-order valence-electron chi connectivity index (χ4n) is 4.42. The van der Waals surface area contributed by atoms with Gasteiger partial charge >= 0.3 is 0 Å². The van der Waals surface area contributed by atoms with Gasteiger partial charge in [-0.3, -0.25) is 4.90 Å². The van der Waals surface area contributed by atoms with Gasteiger partial charge in [0.25, 0.3) is 0 Å². The maximum absolute atomic E-state index is 3.81. The van der Waals surface area contributed by atoms with Crippen LogP contribution in [0.1, 0.15) is 42.7 Å². The maximum atomic E-state index is 3.81. The summed E-state index contributed by atoms with van der Waals surface area (Å²) in [5.74, 6) is 0.799. The Hall–Kier alpha value is -0.860. The minimum atomic E-state index is 0.474. The van der Waals surface area contributed by atoms with E-state index in [2.05, 4.69) is 34.5 Å². The summed E-state index contributed by atoms with van der Waals surface area (Å²) in [6.07, 6.45) is 6.93. The highest BCUT2D eigenvalue weighted by Gasteiger charge is 2.38. The molecular formula is C17H24N2. The number of nitrogens with zero attached hydrogens (tertiary/aromatic N) is 1. The molecule has 102 valence electrons. The van der Waals surface area contributed by atoms with Crippen LogP contribution in [0, 0.1) is 0 Å². The molecule has 19 heavy (non-hydrogen) atoms. The van der Waals surface area contributed by atoms with Gasteiger partial charge in [-0.05, 0) is 30.4 Å². The second kappa shape index (κ2) is 4.60. The van der Waals surface area contributed by atoms with Crippen LogP contribution in [-0.4, -0.2) is 36.6 Å². The highest BCUT2D eigenvalue weighted by molar-refractivity contribution is 5.40. The molecule has 1 unspecified atom stereocenters. The lowest BCUT2D eigenvalue weighted by Gasteiger charge is -2.44. The van der Waals surface area contributed by atoms with Crippen LogP contribution in [0.5, 0.6) is 0 Å². The molecule has 0 radical (unpaired) electrons. The van der Waals surface area contributed by atoms with Crippen molar-refractivity contribution in [1.29, 1.82) is 0 Å². The average molecular weight is 256 g/mol. The van der Waals surface area contributed by atoms with Gasteiger partial charge in [0.1, 0.15) is 0 Å². The number of hydrogen-bond acceptors (Lipinski definition) is 2.